The van der Waals surface area contributed by atoms with Gasteiger partial charge in [-0.15, -0.1) is 0 Å². The first-order valence-electron chi connectivity index (χ1n) is 14.9. The van der Waals surface area contributed by atoms with Gasteiger partial charge in [0.15, 0.2) is 5.60 Å². The molecule has 0 saturated heterocycles. The van der Waals surface area contributed by atoms with Crippen molar-refractivity contribution in [2.45, 2.75) is 57.5 Å². The summed E-state index contributed by atoms with van der Waals surface area (Å²) in [4.78, 5) is 0. The van der Waals surface area contributed by atoms with Gasteiger partial charge in [-0.1, -0.05) is 123 Å². The summed E-state index contributed by atoms with van der Waals surface area (Å²) in [5.41, 5.74) is 9.94. The summed E-state index contributed by atoms with van der Waals surface area (Å²) < 4.78 is 7.17. The van der Waals surface area contributed by atoms with Crippen molar-refractivity contribution in [2.24, 2.45) is 0 Å². The van der Waals surface area contributed by atoms with Crippen molar-refractivity contribution >= 4 is 16.8 Å². The molecule has 0 atom stereocenters. The summed E-state index contributed by atoms with van der Waals surface area (Å²) in [6.45, 7) is 6.13. The number of aryl methyl sites for hydroxylation is 1. The van der Waals surface area contributed by atoms with E-state index in [1.165, 1.54) is 81.0 Å². The van der Waals surface area contributed by atoms with E-state index in [0.29, 0.717) is 0 Å². The smallest absolute Gasteiger partial charge is 0.178 e. The average molecular weight is 521 g/mol. The predicted octanol–water partition coefficient (Wildman–Crippen LogP) is 10.4. The van der Waals surface area contributed by atoms with Gasteiger partial charge in [0.25, 0.3) is 0 Å². The molecule has 1 fully saturated rings. The Hall–Kier alpha value is -4.10. The lowest BCUT2D eigenvalue weighted by Crippen LogP contribution is -2.44. The highest BCUT2D eigenvalue weighted by Crippen LogP contribution is 2.58. The molecule has 1 aliphatic heterocycles. The second-order valence-corrected chi connectivity index (χ2v) is 11.3. The molecule has 40 heavy (non-hydrogen) atoms. The third-order valence-corrected chi connectivity index (χ3v) is 9.30. The van der Waals surface area contributed by atoms with Gasteiger partial charge in [-0.3, -0.25) is 0 Å². The maximum Gasteiger partial charge on any atom is 0.178 e. The zero-order valence-corrected chi connectivity index (χ0v) is 23.7. The molecule has 0 N–H and O–H groups in total. The molecule has 0 aromatic heterocycles. The molecule has 8 rings (SSSR count). The minimum absolute atomic E-state index is 0.103. The first-order valence-corrected chi connectivity index (χ1v) is 14.9. The summed E-state index contributed by atoms with van der Waals surface area (Å²) in [5.74, 6) is 0.954. The Morgan fingerprint density at radius 3 is 1.88 bits per heavy atom. The van der Waals surface area contributed by atoms with Crippen LogP contribution in [0.5, 0.6) is 5.75 Å². The first-order chi connectivity index (χ1) is 19.7. The van der Waals surface area contributed by atoms with E-state index in [9.17, 15) is 0 Å². The summed E-state index contributed by atoms with van der Waals surface area (Å²) in [5, 5.41) is 2.47. The Labute approximate surface area is 238 Å². The van der Waals surface area contributed by atoms with Crippen molar-refractivity contribution < 1.29 is 4.74 Å². The van der Waals surface area contributed by atoms with Crippen LogP contribution in [0.1, 0.15) is 72.9 Å². The van der Waals surface area contributed by atoms with Gasteiger partial charge in [-0.2, -0.15) is 0 Å². The summed E-state index contributed by atoms with van der Waals surface area (Å²) in [7, 11) is 0. The molecular weight excluding hydrogens is 484 g/mol. The van der Waals surface area contributed by atoms with Crippen LogP contribution in [0.3, 0.4) is 0 Å². The van der Waals surface area contributed by atoms with Gasteiger partial charge in [0, 0.05) is 22.1 Å². The fourth-order valence-electron chi connectivity index (χ4n) is 7.47. The van der Waals surface area contributed by atoms with E-state index in [0.717, 1.165) is 5.75 Å². The fourth-order valence-corrected chi connectivity index (χ4v) is 7.47. The molecule has 5 aromatic carbocycles. The number of benzene rings is 5. The van der Waals surface area contributed by atoms with Gasteiger partial charge in [0.05, 0.1) is 0 Å². The Morgan fingerprint density at radius 2 is 1.23 bits per heavy atom. The third kappa shape index (κ3) is 3.53. The molecule has 198 valence electrons. The highest BCUT2D eigenvalue weighted by atomic mass is 16.5. The molecule has 0 radical (unpaired) electrons. The summed E-state index contributed by atoms with van der Waals surface area (Å²) >= 11 is 0. The van der Waals surface area contributed by atoms with Gasteiger partial charge in [-0.05, 0) is 77.1 Å². The van der Waals surface area contributed by atoms with E-state index in [1.54, 1.807) is 0 Å². The van der Waals surface area contributed by atoms with Crippen molar-refractivity contribution in [2.75, 3.05) is 0 Å². The lowest BCUT2D eigenvalue weighted by Gasteiger charge is -2.48. The van der Waals surface area contributed by atoms with Gasteiger partial charge < -0.3 is 4.74 Å². The van der Waals surface area contributed by atoms with Crippen LogP contribution in [0.25, 0.3) is 28.0 Å². The number of fused-ring (bicyclic) bond motifs is 9. The molecular formula is C39H36O. The zero-order chi connectivity index (χ0) is 27.3. The van der Waals surface area contributed by atoms with Crippen LogP contribution in [-0.4, -0.2) is 0 Å². The summed E-state index contributed by atoms with van der Waals surface area (Å²) in [6.07, 6.45) is 9.63. The number of rotatable bonds is 1. The van der Waals surface area contributed by atoms with Gasteiger partial charge in [0.2, 0.25) is 0 Å². The Balaban J connectivity index is 0.00000130. The molecule has 2 aliphatic carbocycles. The number of ether oxygens (including phenoxy) is 1. The molecule has 1 nitrogen and oxygen atoms in total. The SMILES string of the molecule is CC.Cc1ccc(-c2ccc3c4c(ccc3c2)OC2(C=C4)c3ccccc3C3(CCCC3)c3ccccc32)cc1. The Morgan fingerprint density at radius 1 is 0.625 bits per heavy atom. The molecule has 1 saturated carbocycles. The lowest BCUT2D eigenvalue weighted by atomic mass is 9.60. The molecule has 0 amide bonds. The number of hydrogen-bond donors (Lipinski definition) is 0. The van der Waals surface area contributed by atoms with E-state index in [1.807, 2.05) is 13.8 Å². The van der Waals surface area contributed by atoms with E-state index in [4.69, 9.17) is 4.74 Å². The second kappa shape index (κ2) is 9.52. The monoisotopic (exact) mass is 520 g/mol. The first kappa shape index (κ1) is 24.9. The van der Waals surface area contributed by atoms with Gasteiger partial charge in [0.1, 0.15) is 5.75 Å². The molecule has 1 heterocycles. The van der Waals surface area contributed by atoms with Crippen LogP contribution in [-0.2, 0) is 11.0 Å². The highest BCUT2D eigenvalue weighted by molar-refractivity contribution is 5.96. The highest BCUT2D eigenvalue weighted by Gasteiger charge is 2.52. The number of hydrogen-bond acceptors (Lipinski definition) is 1. The van der Waals surface area contributed by atoms with Crippen LogP contribution in [0.2, 0.25) is 0 Å². The summed E-state index contributed by atoms with van der Waals surface area (Å²) in [6, 6.07) is 38.0. The van der Waals surface area contributed by atoms with Crippen LogP contribution >= 0.6 is 0 Å². The standard InChI is InChI=1S/C37H30O.C2H6/c1-25-12-14-26(15-13-25)27-16-18-29-28(24-27)17-19-35-30(29)20-23-37(38-35)33-10-4-2-8-31(33)36(21-6-7-22-36)32-9-3-5-11-34(32)37;1-2/h2-5,8-20,23-24H,6-7,21-22H2,1H3;1-2H3. The van der Waals surface area contributed by atoms with Crippen LogP contribution in [0, 0.1) is 6.92 Å². The minimum Gasteiger partial charge on any atom is -0.473 e. The van der Waals surface area contributed by atoms with Gasteiger partial charge in [-0.25, -0.2) is 0 Å². The van der Waals surface area contributed by atoms with Crippen molar-refractivity contribution in [3.8, 4) is 16.9 Å². The van der Waals surface area contributed by atoms with Crippen molar-refractivity contribution in [1.29, 1.82) is 0 Å². The second-order valence-electron chi connectivity index (χ2n) is 11.3. The van der Waals surface area contributed by atoms with E-state index >= 15 is 0 Å². The van der Waals surface area contributed by atoms with Crippen molar-refractivity contribution in [3.05, 3.63) is 143 Å². The third-order valence-electron chi connectivity index (χ3n) is 9.30. The normalized spacial score (nSPS) is 17.0. The predicted molar refractivity (Wildman–Crippen MR) is 168 cm³/mol. The zero-order valence-electron chi connectivity index (χ0n) is 23.7. The lowest BCUT2D eigenvalue weighted by molar-refractivity contribution is 0.150. The van der Waals surface area contributed by atoms with E-state index < -0.39 is 5.60 Å². The van der Waals surface area contributed by atoms with Crippen LogP contribution in [0.4, 0.5) is 0 Å². The fraction of sp³-hybridized carbons (Fsp3) is 0.231. The van der Waals surface area contributed by atoms with Crippen molar-refractivity contribution in [1.82, 2.24) is 0 Å². The minimum atomic E-state index is -0.608. The Bertz CT molecular complexity index is 1700. The van der Waals surface area contributed by atoms with E-state index in [-0.39, 0.29) is 5.41 Å². The molecule has 5 aromatic rings. The molecule has 0 unspecified atom stereocenters. The van der Waals surface area contributed by atoms with Crippen LogP contribution < -0.4 is 4.74 Å². The van der Waals surface area contributed by atoms with Crippen LogP contribution in [0.15, 0.2) is 109 Å². The Kier molecular flexibility index (Phi) is 5.93. The van der Waals surface area contributed by atoms with Crippen molar-refractivity contribution in [3.63, 3.8) is 0 Å². The molecule has 3 aliphatic rings. The maximum atomic E-state index is 7.17. The maximum absolute atomic E-state index is 7.17. The largest absolute Gasteiger partial charge is 0.473 e. The molecule has 2 spiro atoms. The topological polar surface area (TPSA) is 9.23 Å². The van der Waals surface area contributed by atoms with Gasteiger partial charge >= 0.3 is 0 Å². The van der Waals surface area contributed by atoms with E-state index in [2.05, 4.69) is 122 Å². The molecule has 1 heteroatoms. The molecule has 0 bridgehead atoms. The quantitative estimate of drug-likeness (QED) is 0.214. The average Bonchev–Trinajstić information content (AvgIpc) is 3.52.